The Morgan fingerprint density at radius 3 is 2.91 bits per heavy atom. The maximum Gasteiger partial charge on any atom is 0.341 e. The summed E-state index contributed by atoms with van der Waals surface area (Å²) in [4.78, 5) is 17.1. The number of nitrogens with zero attached hydrogens (tertiary/aromatic N) is 4. The van der Waals surface area contributed by atoms with Crippen molar-refractivity contribution in [3.05, 3.63) is 53.6 Å². The van der Waals surface area contributed by atoms with E-state index in [-0.39, 0.29) is 23.5 Å². The van der Waals surface area contributed by atoms with E-state index in [9.17, 15) is 14.3 Å². The number of aromatic nitrogens is 3. The number of carboxylic acid groups (broad SMARTS) is 1. The second-order valence-corrected chi connectivity index (χ2v) is 5.05. The normalized spacial score (nSPS) is 10.9. The fourth-order valence-electron chi connectivity index (χ4n) is 2.24. The first-order valence-electron chi connectivity index (χ1n) is 6.72. The number of hydrogen-bond acceptors (Lipinski definition) is 5. The smallest absolute Gasteiger partial charge is 0.341 e. The van der Waals surface area contributed by atoms with Crippen LogP contribution in [0, 0.1) is 5.82 Å². The Labute approximate surface area is 130 Å². The van der Waals surface area contributed by atoms with E-state index >= 15 is 0 Å². The molecule has 23 heavy (non-hydrogen) atoms. The fraction of sp³-hybridized carbons (Fsp3) is 0.133. The van der Waals surface area contributed by atoms with Crippen LogP contribution in [0.4, 0.5) is 10.2 Å². The van der Waals surface area contributed by atoms with E-state index in [4.69, 9.17) is 5.11 Å². The summed E-state index contributed by atoms with van der Waals surface area (Å²) in [6, 6.07) is 5.36. The molecule has 0 spiro atoms. The second-order valence-electron chi connectivity index (χ2n) is 5.05. The zero-order chi connectivity index (χ0) is 16.6. The zero-order valence-electron chi connectivity index (χ0n) is 12.1. The molecule has 3 rings (SSSR count). The van der Waals surface area contributed by atoms with Gasteiger partial charge in [0.2, 0.25) is 0 Å². The van der Waals surface area contributed by atoms with Gasteiger partial charge in [0.05, 0.1) is 6.20 Å². The van der Waals surface area contributed by atoms with Crippen molar-refractivity contribution < 1.29 is 19.4 Å². The number of phenols is 1. The van der Waals surface area contributed by atoms with E-state index in [2.05, 4.69) is 10.1 Å². The first-order valence-corrected chi connectivity index (χ1v) is 6.72. The summed E-state index contributed by atoms with van der Waals surface area (Å²) in [6.45, 7) is 0.212. The van der Waals surface area contributed by atoms with Gasteiger partial charge in [-0.05, 0) is 24.3 Å². The molecule has 0 saturated carbocycles. The molecule has 2 aromatic heterocycles. The standard InChI is InChI=1S/C15H13FN4O3/c1-19(8-9-6-10(16)2-3-12(9)21)13-4-5-20-14(18-13)11(7-17-20)15(22)23/h2-7,21H,8H2,1H3,(H,22,23). The van der Waals surface area contributed by atoms with Crippen molar-refractivity contribution in [3.8, 4) is 5.75 Å². The van der Waals surface area contributed by atoms with Gasteiger partial charge in [0, 0.05) is 25.4 Å². The largest absolute Gasteiger partial charge is 0.508 e. The molecule has 0 saturated heterocycles. The van der Waals surface area contributed by atoms with E-state index in [0.717, 1.165) is 0 Å². The molecule has 0 amide bonds. The van der Waals surface area contributed by atoms with Crippen molar-refractivity contribution in [2.24, 2.45) is 0 Å². The summed E-state index contributed by atoms with van der Waals surface area (Å²) in [6.07, 6.45) is 2.82. The number of carboxylic acids is 1. The predicted octanol–water partition coefficient (Wildman–Crippen LogP) is 1.91. The third-order valence-corrected chi connectivity index (χ3v) is 3.42. The molecule has 7 nitrogen and oxygen atoms in total. The molecule has 2 heterocycles. The Kier molecular flexibility index (Phi) is 3.57. The molecule has 8 heteroatoms. The Bertz CT molecular complexity index is 894. The monoisotopic (exact) mass is 316 g/mol. The van der Waals surface area contributed by atoms with Gasteiger partial charge in [-0.1, -0.05) is 0 Å². The maximum atomic E-state index is 13.3. The molecule has 0 aliphatic carbocycles. The SMILES string of the molecule is CN(Cc1cc(F)ccc1O)c1ccn2ncc(C(=O)O)c2n1. The van der Waals surface area contributed by atoms with Gasteiger partial charge in [0.1, 0.15) is 22.9 Å². The van der Waals surface area contributed by atoms with Crippen LogP contribution in [0.3, 0.4) is 0 Å². The summed E-state index contributed by atoms with van der Waals surface area (Å²) in [7, 11) is 1.71. The summed E-state index contributed by atoms with van der Waals surface area (Å²) in [5.74, 6) is -1.10. The second kappa shape index (κ2) is 5.56. The number of aromatic carboxylic acids is 1. The van der Waals surface area contributed by atoms with Gasteiger partial charge in [-0.3, -0.25) is 0 Å². The molecule has 0 unspecified atom stereocenters. The predicted molar refractivity (Wildman–Crippen MR) is 80.1 cm³/mol. The van der Waals surface area contributed by atoms with Crippen molar-refractivity contribution in [1.29, 1.82) is 0 Å². The van der Waals surface area contributed by atoms with Crippen molar-refractivity contribution in [2.75, 3.05) is 11.9 Å². The quantitative estimate of drug-likeness (QED) is 0.764. The lowest BCUT2D eigenvalue weighted by atomic mass is 10.2. The van der Waals surface area contributed by atoms with E-state index in [0.29, 0.717) is 11.4 Å². The number of aromatic hydroxyl groups is 1. The Hall–Kier alpha value is -3.16. The van der Waals surface area contributed by atoms with Gasteiger partial charge >= 0.3 is 5.97 Å². The summed E-state index contributed by atoms with van der Waals surface area (Å²) in [5, 5.41) is 22.8. The van der Waals surface area contributed by atoms with E-state index in [1.54, 1.807) is 24.2 Å². The molecule has 0 bridgehead atoms. The minimum absolute atomic E-state index is 0.00569. The topological polar surface area (TPSA) is 91.0 Å². The summed E-state index contributed by atoms with van der Waals surface area (Å²) >= 11 is 0. The number of fused-ring (bicyclic) bond motifs is 1. The van der Waals surface area contributed by atoms with Crippen LogP contribution in [0.1, 0.15) is 15.9 Å². The van der Waals surface area contributed by atoms with Crippen molar-refractivity contribution in [1.82, 2.24) is 14.6 Å². The molecular weight excluding hydrogens is 303 g/mol. The number of carbonyl (C=O) groups is 1. The highest BCUT2D eigenvalue weighted by Crippen LogP contribution is 2.22. The number of hydrogen-bond donors (Lipinski definition) is 2. The average Bonchev–Trinajstić information content (AvgIpc) is 2.94. The first-order chi connectivity index (χ1) is 11.0. The van der Waals surface area contributed by atoms with Crippen LogP contribution in [0.25, 0.3) is 5.65 Å². The Morgan fingerprint density at radius 1 is 1.39 bits per heavy atom. The van der Waals surface area contributed by atoms with Crippen LogP contribution in [0.5, 0.6) is 5.75 Å². The number of halogens is 1. The van der Waals surface area contributed by atoms with Crippen LogP contribution >= 0.6 is 0 Å². The lowest BCUT2D eigenvalue weighted by Gasteiger charge is -2.19. The molecule has 0 aliphatic rings. The molecule has 0 atom stereocenters. The van der Waals surface area contributed by atoms with Gasteiger partial charge in [0.25, 0.3) is 0 Å². The fourth-order valence-corrected chi connectivity index (χ4v) is 2.24. The van der Waals surface area contributed by atoms with Crippen LogP contribution in [0.2, 0.25) is 0 Å². The molecule has 118 valence electrons. The number of phenolic OH excluding ortho intramolecular Hbond substituents is 1. The molecule has 0 fully saturated rings. The van der Waals surface area contributed by atoms with Crippen molar-refractivity contribution in [2.45, 2.75) is 6.54 Å². The van der Waals surface area contributed by atoms with E-state index in [1.165, 1.54) is 28.9 Å². The number of benzene rings is 1. The summed E-state index contributed by atoms with van der Waals surface area (Å²) < 4.78 is 14.6. The molecule has 2 N–H and O–H groups in total. The van der Waals surface area contributed by atoms with Gasteiger partial charge < -0.3 is 15.1 Å². The Balaban J connectivity index is 1.94. The highest BCUT2D eigenvalue weighted by Gasteiger charge is 2.15. The summed E-state index contributed by atoms with van der Waals surface area (Å²) in [5.41, 5.74) is 0.611. The van der Waals surface area contributed by atoms with Crippen LogP contribution in [0.15, 0.2) is 36.7 Å². The van der Waals surface area contributed by atoms with Gasteiger partial charge in [0.15, 0.2) is 5.65 Å². The Morgan fingerprint density at radius 2 is 2.17 bits per heavy atom. The van der Waals surface area contributed by atoms with Gasteiger partial charge in [-0.2, -0.15) is 5.10 Å². The average molecular weight is 316 g/mol. The number of rotatable bonds is 4. The van der Waals surface area contributed by atoms with Gasteiger partial charge in [-0.15, -0.1) is 0 Å². The molecular formula is C15H13FN4O3. The lowest BCUT2D eigenvalue weighted by molar-refractivity contribution is 0.0698. The van der Waals surface area contributed by atoms with Crippen LogP contribution < -0.4 is 4.90 Å². The highest BCUT2D eigenvalue weighted by molar-refractivity contribution is 5.94. The highest BCUT2D eigenvalue weighted by atomic mass is 19.1. The maximum absolute atomic E-state index is 13.3. The lowest BCUT2D eigenvalue weighted by Crippen LogP contribution is -2.18. The third-order valence-electron chi connectivity index (χ3n) is 3.42. The minimum Gasteiger partial charge on any atom is -0.508 e. The van der Waals surface area contributed by atoms with Crippen molar-refractivity contribution in [3.63, 3.8) is 0 Å². The first kappa shape index (κ1) is 14.8. The minimum atomic E-state index is -1.12. The zero-order valence-corrected chi connectivity index (χ0v) is 12.1. The van der Waals surface area contributed by atoms with Crippen LogP contribution in [-0.4, -0.2) is 37.8 Å². The van der Waals surface area contributed by atoms with E-state index < -0.39 is 11.8 Å². The molecule has 0 aliphatic heterocycles. The molecule has 3 aromatic rings. The van der Waals surface area contributed by atoms with Crippen LogP contribution in [-0.2, 0) is 6.54 Å². The third kappa shape index (κ3) is 2.78. The number of anilines is 1. The van der Waals surface area contributed by atoms with E-state index in [1.807, 2.05) is 0 Å². The molecule has 1 aromatic carbocycles. The van der Waals surface area contributed by atoms with Gasteiger partial charge in [-0.25, -0.2) is 18.7 Å². The van der Waals surface area contributed by atoms with Crippen molar-refractivity contribution >= 4 is 17.4 Å². The molecule has 0 radical (unpaired) electrons.